The summed E-state index contributed by atoms with van der Waals surface area (Å²) in [7, 11) is -2.62. The zero-order chi connectivity index (χ0) is 36.1. The first-order valence-corrected chi connectivity index (χ1v) is 21.5. The number of benzene rings is 3. The quantitative estimate of drug-likeness (QED) is 0.169. The summed E-state index contributed by atoms with van der Waals surface area (Å²) in [5.41, 5.74) is 2.32. The zero-order valence-electron chi connectivity index (χ0n) is 31.5. The van der Waals surface area contributed by atoms with E-state index in [1.165, 1.54) is 27.1 Å². The molecule has 0 radical (unpaired) electrons. The molecule has 0 bridgehead atoms. The monoisotopic (exact) mass is 702 g/mol. The third kappa shape index (κ3) is 6.05. The Labute approximate surface area is 307 Å². The number of allylic oxidation sites excluding steroid dienone is 2. The van der Waals surface area contributed by atoms with Gasteiger partial charge in [-0.05, 0) is 114 Å². The molecule has 3 aromatic carbocycles. The summed E-state index contributed by atoms with van der Waals surface area (Å²) >= 11 is 0. The maximum Gasteiger partial charge on any atom is 0.261 e. The molecule has 0 aromatic heterocycles. The van der Waals surface area contributed by atoms with Gasteiger partial charge >= 0.3 is 0 Å². The van der Waals surface area contributed by atoms with Crippen LogP contribution in [0.4, 0.5) is 0 Å². The molecule has 3 fully saturated rings. The number of hydrogen-bond donors (Lipinski definition) is 1. The summed E-state index contributed by atoms with van der Waals surface area (Å²) in [6.07, 6.45) is 11.9. The Balaban J connectivity index is 1.06. The molecule has 270 valence electrons. The van der Waals surface area contributed by atoms with Gasteiger partial charge in [-0.15, -0.1) is 0 Å². The minimum absolute atomic E-state index is 0.0461. The van der Waals surface area contributed by atoms with Crippen LogP contribution in [0.1, 0.15) is 110 Å². The lowest BCUT2D eigenvalue weighted by atomic mass is 9.45. The van der Waals surface area contributed by atoms with Gasteiger partial charge in [0.05, 0.1) is 6.61 Å². The summed E-state index contributed by atoms with van der Waals surface area (Å²) in [6.45, 7) is 11.5. The number of hydrogen-bond acceptors (Lipinski definition) is 4. The van der Waals surface area contributed by atoms with Crippen LogP contribution in [0.15, 0.2) is 96.6 Å². The Kier molecular flexibility index (Phi) is 9.73. The Morgan fingerprint density at radius 3 is 2.08 bits per heavy atom. The van der Waals surface area contributed by atoms with E-state index in [0.29, 0.717) is 49.4 Å². The number of rotatable bonds is 10. The van der Waals surface area contributed by atoms with Gasteiger partial charge in [-0.1, -0.05) is 124 Å². The van der Waals surface area contributed by atoms with Crippen LogP contribution in [0.2, 0.25) is 5.04 Å². The molecular weight excluding hydrogens is 645 g/mol. The van der Waals surface area contributed by atoms with Gasteiger partial charge in [0.1, 0.15) is 11.4 Å². The molecule has 0 spiro atoms. The van der Waals surface area contributed by atoms with E-state index in [0.717, 1.165) is 51.4 Å². The average molecular weight is 703 g/mol. The van der Waals surface area contributed by atoms with Crippen molar-refractivity contribution in [2.24, 2.45) is 28.6 Å². The van der Waals surface area contributed by atoms with Gasteiger partial charge in [-0.25, -0.2) is 0 Å². The molecular formula is C46H58O4Si. The van der Waals surface area contributed by atoms with E-state index in [2.05, 4.69) is 119 Å². The molecule has 0 saturated heterocycles. The largest absolute Gasteiger partial charge is 0.403 e. The smallest absolute Gasteiger partial charge is 0.261 e. The minimum Gasteiger partial charge on any atom is -0.403 e. The molecule has 7 rings (SSSR count). The molecule has 3 saturated carbocycles. The highest BCUT2D eigenvalue weighted by Crippen LogP contribution is 2.68. The molecule has 5 heteroatoms. The van der Waals surface area contributed by atoms with Crippen LogP contribution >= 0.6 is 0 Å². The zero-order valence-corrected chi connectivity index (χ0v) is 32.5. The second-order valence-electron chi connectivity index (χ2n) is 17.7. The second kappa shape index (κ2) is 13.7. The molecule has 1 N–H and O–H groups in total. The first-order chi connectivity index (χ1) is 24.3. The van der Waals surface area contributed by atoms with E-state index in [-0.39, 0.29) is 21.7 Å². The fraction of sp³-hybridized carbons (Fsp3) is 0.522. The van der Waals surface area contributed by atoms with Gasteiger partial charge in [0.25, 0.3) is 8.32 Å². The Morgan fingerprint density at radius 2 is 1.47 bits per heavy atom. The Bertz CT molecular complexity index is 1720. The van der Waals surface area contributed by atoms with E-state index in [1.807, 2.05) is 0 Å². The maximum absolute atomic E-state index is 13.3. The Morgan fingerprint density at radius 1 is 0.863 bits per heavy atom. The number of aryl methyl sites for hydroxylation is 1. The average Bonchev–Trinajstić information content (AvgIpc) is 3.43. The molecule has 0 aliphatic heterocycles. The van der Waals surface area contributed by atoms with Crippen molar-refractivity contribution in [1.82, 2.24) is 0 Å². The van der Waals surface area contributed by atoms with Crippen molar-refractivity contribution in [2.45, 2.75) is 122 Å². The predicted octanol–water partition coefficient (Wildman–Crippen LogP) is 8.92. The van der Waals surface area contributed by atoms with Crippen molar-refractivity contribution < 1.29 is 19.1 Å². The van der Waals surface area contributed by atoms with Crippen LogP contribution < -0.4 is 10.4 Å². The van der Waals surface area contributed by atoms with Crippen LogP contribution in [0.3, 0.4) is 0 Å². The first-order valence-electron chi connectivity index (χ1n) is 19.6. The fourth-order valence-corrected chi connectivity index (χ4v) is 16.3. The SMILES string of the molecule is CC(=O)C1(O)CC[C@H]2[C@@H]3CC=C4CC(=O)CC[C@@]4(C)[C@@H]3CC[C@@]21CCCc1ccc(CO[Si](c2ccccc2)(c2ccccc2)C(C)(C)C)cc1. The van der Waals surface area contributed by atoms with Crippen molar-refractivity contribution in [1.29, 1.82) is 0 Å². The van der Waals surface area contributed by atoms with Gasteiger partial charge < -0.3 is 9.53 Å². The molecule has 0 heterocycles. The first kappa shape index (κ1) is 36.2. The number of aliphatic hydroxyl groups is 1. The maximum atomic E-state index is 13.3. The number of carbonyl (C=O) groups is 2. The van der Waals surface area contributed by atoms with Crippen molar-refractivity contribution in [2.75, 3.05) is 0 Å². The van der Waals surface area contributed by atoms with Gasteiger partial charge in [0.15, 0.2) is 5.78 Å². The third-order valence-corrected chi connectivity index (χ3v) is 19.3. The normalized spacial score (nSPS) is 30.6. The minimum atomic E-state index is -2.62. The van der Waals surface area contributed by atoms with Gasteiger partial charge in [0, 0.05) is 18.3 Å². The highest BCUT2D eigenvalue weighted by atomic mass is 28.4. The van der Waals surface area contributed by atoms with Crippen LogP contribution in [0, 0.1) is 28.6 Å². The lowest BCUT2D eigenvalue weighted by Gasteiger charge is -2.59. The third-order valence-electron chi connectivity index (χ3n) is 14.4. The van der Waals surface area contributed by atoms with Crippen LogP contribution in [-0.2, 0) is 27.0 Å². The highest BCUT2D eigenvalue weighted by Gasteiger charge is 2.66. The molecule has 3 aromatic rings. The number of ketones is 2. The van der Waals surface area contributed by atoms with Gasteiger partial charge in [-0.2, -0.15) is 0 Å². The van der Waals surface area contributed by atoms with E-state index >= 15 is 0 Å². The van der Waals surface area contributed by atoms with Gasteiger partial charge in [0.2, 0.25) is 0 Å². The van der Waals surface area contributed by atoms with Crippen molar-refractivity contribution >= 4 is 30.3 Å². The van der Waals surface area contributed by atoms with Crippen molar-refractivity contribution in [3.05, 3.63) is 108 Å². The topological polar surface area (TPSA) is 63.6 Å². The molecule has 6 atom stereocenters. The lowest BCUT2D eigenvalue weighted by Crippen LogP contribution is -2.66. The summed E-state index contributed by atoms with van der Waals surface area (Å²) < 4.78 is 7.19. The van der Waals surface area contributed by atoms with E-state index < -0.39 is 13.9 Å². The van der Waals surface area contributed by atoms with E-state index in [1.54, 1.807) is 6.92 Å². The molecule has 1 unspecified atom stereocenters. The van der Waals surface area contributed by atoms with Gasteiger partial charge in [-0.3, -0.25) is 9.59 Å². The fourth-order valence-electron chi connectivity index (χ4n) is 11.7. The van der Waals surface area contributed by atoms with E-state index in [9.17, 15) is 14.7 Å². The molecule has 4 nitrogen and oxygen atoms in total. The second-order valence-corrected chi connectivity index (χ2v) is 22.1. The van der Waals surface area contributed by atoms with Crippen molar-refractivity contribution in [3.63, 3.8) is 0 Å². The molecule has 51 heavy (non-hydrogen) atoms. The standard InChI is InChI=1S/C46H58O4Si/c1-33(47)46(49)30-26-42-40-23-22-36-31-37(48)24-28-44(36,5)41(40)25-29-45(42,46)27-12-13-34-18-20-35(21-19-34)32-50-51(43(2,3)4,38-14-8-6-9-15-38)39-16-10-7-11-17-39/h6-11,14-22,40-42,49H,12-13,23-32H2,1-5H3/t40-,41-,42+,44-,45+,46?/m1/s1. The number of carbonyl (C=O) groups excluding carboxylic acids is 2. The van der Waals surface area contributed by atoms with Crippen LogP contribution in [0.25, 0.3) is 0 Å². The number of fused-ring (bicyclic) bond motifs is 5. The predicted molar refractivity (Wildman–Crippen MR) is 208 cm³/mol. The summed E-state index contributed by atoms with van der Waals surface area (Å²) in [5.74, 6) is 1.70. The van der Waals surface area contributed by atoms with E-state index in [4.69, 9.17) is 4.43 Å². The summed E-state index contributed by atoms with van der Waals surface area (Å²) in [6, 6.07) is 30.6. The highest BCUT2D eigenvalue weighted by molar-refractivity contribution is 6.99. The summed E-state index contributed by atoms with van der Waals surface area (Å²) in [5, 5.41) is 14.7. The Hall–Kier alpha value is -3.12. The lowest BCUT2D eigenvalue weighted by molar-refractivity contribution is -0.164. The molecule has 4 aliphatic carbocycles. The molecule has 4 aliphatic rings. The number of Topliss-reactive ketones (excluding diaryl/α,β-unsaturated/α-hetero) is 2. The molecule has 0 amide bonds. The summed E-state index contributed by atoms with van der Waals surface area (Å²) in [4.78, 5) is 25.6. The van der Waals surface area contributed by atoms with Crippen molar-refractivity contribution in [3.8, 4) is 0 Å². The van der Waals surface area contributed by atoms with Crippen LogP contribution in [0.5, 0.6) is 0 Å². The van der Waals surface area contributed by atoms with Crippen LogP contribution in [-0.4, -0.2) is 30.6 Å².